The number of carbonyl (C=O) groups excluding carboxylic acids is 1. The minimum absolute atomic E-state index is 0.181. The van der Waals surface area contributed by atoms with Crippen LogP contribution in [0.15, 0.2) is 16.3 Å². The van der Waals surface area contributed by atoms with Gasteiger partial charge in [0.2, 0.25) is 5.91 Å². The topological polar surface area (TPSA) is 66.9 Å². The van der Waals surface area contributed by atoms with Gasteiger partial charge in [0, 0.05) is 25.0 Å². The largest absolute Gasteiger partial charge is 0.275 e. The number of hydrogen-bond acceptors (Lipinski definition) is 5. The van der Waals surface area contributed by atoms with E-state index in [1.54, 1.807) is 19.2 Å². The maximum atomic E-state index is 12.6. The first-order valence-corrected chi connectivity index (χ1v) is 9.00. The Morgan fingerprint density at radius 1 is 1.48 bits per heavy atom. The van der Waals surface area contributed by atoms with Crippen LogP contribution in [-0.4, -0.2) is 50.9 Å². The van der Waals surface area contributed by atoms with Crippen molar-refractivity contribution in [2.24, 2.45) is 5.92 Å². The fourth-order valence-electron chi connectivity index (χ4n) is 2.39. The molecule has 6 nitrogen and oxygen atoms in total. The molecule has 1 aliphatic heterocycles. The molecule has 1 aliphatic rings. The van der Waals surface area contributed by atoms with Gasteiger partial charge in [-0.2, -0.15) is 4.31 Å². The van der Waals surface area contributed by atoms with Crippen LogP contribution in [0.1, 0.15) is 17.7 Å². The van der Waals surface area contributed by atoms with Crippen LogP contribution in [0.5, 0.6) is 0 Å². The molecule has 21 heavy (non-hydrogen) atoms. The lowest BCUT2D eigenvalue weighted by Crippen LogP contribution is -2.45. The van der Waals surface area contributed by atoms with Crippen molar-refractivity contribution in [3.05, 3.63) is 17.0 Å². The lowest BCUT2D eigenvalue weighted by molar-refractivity contribution is -0.174. The van der Waals surface area contributed by atoms with E-state index in [9.17, 15) is 13.2 Å². The second kappa shape index (κ2) is 6.43. The molecule has 8 heteroatoms. The second-order valence-corrected chi connectivity index (χ2v) is 8.54. The zero-order chi connectivity index (χ0) is 15.6. The molecule has 0 saturated carbocycles. The average molecular weight is 332 g/mol. The van der Waals surface area contributed by atoms with Gasteiger partial charge in [-0.1, -0.05) is 0 Å². The van der Waals surface area contributed by atoms with E-state index in [2.05, 4.69) is 0 Å². The lowest BCUT2D eigenvalue weighted by Gasteiger charge is -2.32. The molecule has 118 valence electrons. The number of rotatable bonds is 4. The fraction of sp³-hybridized carbons (Fsp3) is 0.615. The van der Waals surface area contributed by atoms with Gasteiger partial charge in [0.15, 0.2) is 0 Å². The Hall–Kier alpha value is -0.960. The van der Waals surface area contributed by atoms with Gasteiger partial charge in [0.05, 0.1) is 13.0 Å². The van der Waals surface area contributed by atoms with Crippen LogP contribution < -0.4 is 0 Å². The SMILES string of the molecule is CON(C)C(=O)C1CCCN(S(=O)(=O)c2ccc(C)s2)C1. The minimum atomic E-state index is -3.50. The van der Waals surface area contributed by atoms with Gasteiger partial charge in [-0.15, -0.1) is 11.3 Å². The maximum Gasteiger partial charge on any atom is 0.252 e. The van der Waals surface area contributed by atoms with Crippen LogP contribution in [0.3, 0.4) is 0 Å². The molecule has 2 rings (SSSR count). The van der Waals surface area contributed by atoms with Crippen LogP contribution in [0.2, 0.25) is 0 Å². The molecule has 1 atom stereocenters. The van der Waals surface area contributed by atoms with Crippen LogP contribution in [-0.2, 0) is 19.7 Å². The zero-order valence-corrected chi connectivity index (χ0v) is 14.0. The van der Waals surface area contributed by atoms with E-state index in [4.69, 9.17) is 4.84 Å². The van der Waals surface area contributed by atoms with E-state index in [1.165, 1.54) is 22.8 Å². The molecule has 1 aromatic rings. The Bertz CT molecular complexity index is 611. The monoisotopic (exact) mass is 332 g/mol. The predicted octanol–water partition coefficient (Wildman–Crippen LogP) is 1.48. The summed E-state index contributed by atoms with van der Waals surface area (Å²) in [5, 5.41) is 1.16. The number of amides is 1. The van der Waals surface area contributed by atoms with Gasteiger partial charge in [-0.25, -0.2) is 13.5 Å². The number of nitrogens with zero attached hydrogens (tertiary/aromatic N) is 2. The summed E-state index contributed by atoms with van der Waals surface area (Å²) in [5.41, 5.74) is 0. The highest BCUT2D eigenvalue weighted by molar-refractivity contribution is 7.91. The van der Waals surface area contributed by atoms with Crippen LogP contribution in [0.4, 0.5) is 0 Å². The Morgan fingerprint density at radius 3 is 2.76 bits per heavy atom. The summed E-state index contributed by atoms with van der Waals surface area (Å²) < 4.78 is 26.9. The first kappa shape index (κ1) is 16.4. The molecular weight excluding hydrogens is 312 g/mol. The molecule has 0 aliphatic carbocycles. The molecule has 1 unspecified atom stereocenters. The van der Waals surface area contributed by atoms with Gasteiger partial charge < -0.3 is 0 Å². The Labute approximate surface area is 129 Å². The van der Waals surface area contributed by atoms with E-state index in [0.717, 1.165) is 9.94 Å². The van der Waals surface area contributed by atoms with E-state index >= 15 is 0 Å². The van der Waals surface area contributed by atoms with Crippen molar-refractivity contribution in [3.8, 4) is 0 Å². The summed E-state index contributed by atoms with van der Waals surface area (Å²) >= 11 is 1.26. The Morgan fingerprint density at radius 2 is 2.19 bits per heavy atom. The highest BCUT2D eigenvalue weighted by Gasteiger charge is 2.35. The third-order valence-electron chi connectivity index (χ3n) is 3.63. The fourth-order valence-corrected chi connectivity index (χ4v) is 5.35. The number of carbonyl (C=O) groups is 1. The first-order chi connectivity index (χ1) is 9.86. The summed E-state index contributed by atoms with van der Waals surface area (Å²) in [6.07, 6.45) is 1.36. The average Bonchev–Trinajstić information content (AvgIpc) is 2.93. The first-order valence-electron chi connectivity index (χ1n) is 6.74. The third kappa shape index (κ3) is 3.45. The molecule has 1 aromatic heterocycles. The molecule has 1 saturated heterocycles. The summed E-state index contributed by atoms with van der Waals surface area (Å²) in [7, 11) is -0.539. The smallest absolute Gasteiger partial charge is 0.252 e. The third-order valence-corrected chi connectivity index (χ3v) is 6.96. The number of piperidine rings is 1. The quantitative estimate of drug-likeness (QED) is 0.783. The second-order valence-electron chi connectivity index (χ2n) is 5.09. The molecule has 0 N–H and O–H groups in total. The number of sulfonamides is 1. The van der Waals surface area contributed by atoms with Gasteiger partial charge in [0.1, 0.15) is 4.21 Å². The zero-order valence-electron chi connectivity index (χ0n) is 12.4. The van der Waals surface area contributed by atoms with Crippen molar-refractivity contribution in [2.45, 2.75) is 24.0 Å². The minimum Gasteiger partial charge on any atom is -0.275 e. The van der Waals surface area contributed by atoms with Crippen LogP contribution >= 0.6 is 11.3 Å². The number of aryl methyl sites for hydroxylation is 1. The molecule has 1 amide bonds. The molecule has 1 fully saturated rings. The summed E-state index contributed by atoms with van der Waals surface area (Å²) in [6, 6.07) is 3.42. The van der Waals surface area contributed by atoms with Gasteiger partial charge in [-0.3, -0.25) is 9.63 Å². The highest BCUT2D eigenvalue weighted by Crippen LogP contribution is 2.28. The van der Waals surface area contributed by atoms with Crippen molar-refractivity contribution >= 4 is 27.3 Å². The summed E-state index contributed by atoms with van der Waals surface area (Å²) in [6.45, 7) is 2.55. The van der Waals surface area contributed by atoms with Crippen LogP contribution in [0.25, 0.3) is 0 Å². The van der Waals surface area contributed by atoms with Gasteiger partial charge in [-0.05, 0) is 31.9 Å². The summed E-state index contributed by atoms with van der Waals surface area (Å²) in [5.74, 6) is -0.528. The van der Waals surface area contributed by atoms with E-state index < -0.39 is 10.0 Å². The normalized spacial score (nSPS) is 20.4. The molecule has 0 aromatic carbocycles. The van der Waals surface area contributed by atoms with Crippen molar-refractivity contribution in [1.82, 2.24) is 9.37 Å². The Kier molecular flexibility index (Phi) is 5.03. The molecule has 0 radical (unpaired) electrons. The van der Waals surface area contributed by atoms with E-state index in [0.29, 0.717) is 23.6 Å². The molecule has 2 heterocycles. The lowest BCUT2D eigenvalue weighted by atomic mass is 9.99. The van der Waals surface area contributed by atoms with Crippen LogP contribution in [0, 0.1) is 12.8 Å². The van der Waals surface area contributed by atoms with Crippen molar-refractivity contribution in [1.29, 1.82) is 0 Å². The number of hydroxylamine groups is 2. The number of hydrogen-bond donors (Lipinski definition) is 0. The van der Waals surface area contributed by atoms with E-state index in [1.807, 2.05) is 6.92 Å². The highest BCUT2D eigenvalue weighted by atomic mass is 32.2. The van der Waals surface area contributed by atoms with Gasteiger partial charge in [0.25, 0.3) is 10.0 Å². The van der Waals surface area contributed by atoms with E-state index in [-0.39, 0.29) is 18.4 Å². The molecule has 0 spiro atoms. The van der Waals surface area contributed by atoms with Crippen molar-refractivity contribution < 1.29 is 18.0 Å². The standard InChI is InChI=1S/C13H20N2O4S2/c1-10-6-7-12(20-10)21(17,18)15-8-4-5-11(9-15)13(16)14(2)19-3/h6-7,11H,4-5,8-9H2,1-3H3. The maximum absolute atomic E-state index is 12.6. The summed E-state index contributed by atoms with van der Waals surface area (Å²) in [4.78, 5) is 18.0. The molecular formula is C13H20N2O4S2. The van der Waals surface area contributed by atoms with Crippen molar-refractivity contribution in [3.63, 3.8) is 0 Å². The van der Waals surface area contributed by atoms with Crippen molar-refractivity contribution in [2.75, 3.05) is 27.2 Å². The predicted molar refractivity (Wildman–Crippen MR) is 80.3 cm³/mol. The molecule has 0 bridgehead atoms. The van der Waals surface area contributed by atoms with Gasteiger partial charge >= 0.3 is 0 Å². The number of thiophene rings is 1. The Balaban J connectivity index is 2.16.